The molecule has 0 N–H and O–H groups in total. The average Bonchev–Trinajstić information content (AvgIpc) is 2.74. The lowest BCUT2D eigenvalue weighted by Gasteiger charge is -2.03. The van der Waals surface area contributed by atoms with Crippen molar-refractivity contribution in [1.29, 1.82) is 0 Å². The minimum Gasteiger partial charge on any atom is -0.469 e. The van der Waals surface area contributed by atoms with Gasteiger partial charge < -0.3 is 4.74 Å². The highest BCUT2D eigenvalue weighted by Gasteiger charge is 2.21. The smallest absolute Gasteiger partial charge is 0.305 e. The van der Waals surface area contributed by atoms with Crippen molar-refractivity contribution < 1.29 is 19.1 Å². The van der Waals surface area contributed by atoms with Crippen LogP contribution in [-0.4, -0.2) is 25.1 Å². The Morgan fingerprint density at radius 2 is 1.94 bits per heavy atom. The van der Waals surface area contributed by atoms with E-state index in [4.69, 9.17) is 0 Å². The predicted octanol–water partition coefficient (Wildman–Crippen LogP) is 2.36. The Morgan fingerprint density at radius 1 is 1.22 bits per heavy atom. The third-order valence-electron chi connectivity index (χ3n) is 3.27. The number of carbonyl (C=O) groups is 3. The largest absolute Gasteiger partial charge is 0.469 e. The lowest BCUT2D eigenvalue weighted by molar-refractivity contribution is -0.140. The molecule has 18 heavy (non-hydrogen) atoms. The molecule has 0 bridgehead atoms. The van der Waals surface area contributed by atoms with Crippen molar-refractivity contribution >= 4 is 18.0 Å². The second kappa shape index (κ2) is 7.80. The first-order valence-electron chi connectivity index (χ1n) is 6.46. The molecular weight excluding hydrogens is 232 g/mol. The average molecular weight is 252 g/mol. The first-order chi connectivity index (χ1) is 8.69. The van der Waals surface area contributed by atoms with Crippen LogP contribution in [0.1, 0.15) is 51.4 Å². The van der Waals surface area contributed by atoms with Crippen molar-refractivity contribution in [3.63, 3.8) is 0 Å². The molecule has 0 heterocycles. The molecular formula is C14H20O4. The summed E-state index contributed by atoms with van der Waals surface area (Å²) >= 11 is 0. The summed E-state index contributed by atoms with van der Waals surface area (Å²) in [5.41, 5.74) is 1.42. The summed E-state index contributed by atoms with van der Waals surface area (Å²) in [6.07, 6.45) is 6.72. The molecule has 0 amide bonds. The molecule has 4 heteroatoms. The summed E-state index contributed by atoms with van der Waals surface area (Å²) < 4.78 is 4.55. The molecule has 0 aromatic carbocycles. The third kappa shape index (κ3) is 4.43. The van der Waals surface area contributed by atoms with E-state index < -0.39 is 0 Å². The number of aldehydes is 1. The molecule has 0 aromatic heterocycles. The van der Waals surface area contributed by atoms with Crippen molar-refractivity contribution in [2.45, 2.75) is 51.4 Å². The first kappa shape index (κ1) is 14.6. The second-order valence-corrected chi connectivity index (χ2v) is 4.54. The monoisotopic (exact) mass is 252 g/mol. The molecule has 0 saturated carbocycles. The Hall–Kier alpha value is -1.45. The van der Waals surface area contributed by atoms with Gasteiger partial charge in [-0.15, -0.1) is 0 Å². The summed E-state index contributed by atoms with van der Waals surface area (Å²) in [4.78, 5) is 33.1. The molecule has 0 fully saturated rings. The summed E-state index contributed by atoms with van der Waals surface area (Å²) in [7, 11) is 1.39. The van der Waals surface area contributed by atoms with E-state index in [1.165, 1.54) is 7.11 Å². The normalized spacial score (nSPS) is 15.1. The lowest BCUT2D eigenvalue weighted by Crippen LogP contribution is -1.99. The topological polar surface area (TPSA) is 60.4 Å². The number of ether oxygens (including phenoxy) is 1. The maximum Gasteiger partial charge on any atom is 0.305 e. The maximum absolute atomic E-state index is 11.5. The van der Waals surface area contributed by atoms with Crippen LogP contribution in [0.4, 0.5) is 0 Å². The highest BCUT2D eigenvalue weighted by Crippen LogP contribution is 2.25. The van der Waals surface area contributed by atoms with Gasteiger partial charge in [0, 0.05) is 18.4 Å². The number of carbonyl (C=O) groups excluding carboxylic acids is 3. The zero-order valence-corrected chi connectivity index (χ0v) is 10.9. The van der Waals surface area contributed by atoms with Crippen LogP contribution in [0, 0.1) is 0 Å². The molecule has 0 saturated heterocycles. The third-order valence-corrected chi connectivity index (χ3v) is 3.27. The predicted molar refractivity (Wildman–Crippen MR) is 67.0 cm³/mol. The van der Waals surface area contributed by atoms with Gasteiger partial charge in [-0.25, -0.2) is 0 Å². The maximum atomic E-state index is 11.5. The van der Waals surface area contributed by atoms with Crippen LogP contribution in [0.15, 0.2) is 11.1 Å². The molecule has 1 rings (SSSR count). The molecule has 1 aliphatic carbocycles. The van der Waals surface area contributed by atoms with Gasteiger partial charge in [-0.1, -0.05) is 12.8 Å². The minimum absolute atomic E-state index is 0.131. The number of Topliss-reactive ketones (excluding diaryl/α,β-unsaturated/α-hetero) is 1. The van der Waals surface area contributed by atoms with E-state index in [0.29, 0.717) is 31.3 Å². The molecule has 1 aliphatic rings. The van der Waals surface area contributed by atoms with Gasteiger partial charge in [-0.05, 0) is 31.3 Å². The van der Waals surface area contributed by atoms with Crippen LogP contribution in [-0.2, 0) is 19.1 Å². The Morgan fingerprint density at radius 3 is 2.61 bits per heavy atom. The summed E-state index contributed by atoms with van der Waals surface area (Å²) in [5, 5.41) is 0. The zero-order chi connectivity index (χ0) is 13.4. The Balaban J connectivity index is 2.16. The Labute approximate surface area is 107 Å². The van der Waals surface area contributed by atoms with E-state index in [1.54, 1.807) is 0 Å². The van der Waals surface area contributed by atoms with Crippen LogP contribution >= 0.6 is 0 Å². The lowest BCUT2D eigenvalue weighted by atomic mass is 10.0. The SMILES string of the molecule is COC(=O)CCCCCCC1=C(C=O)CCC1=O. The second-order valence-electron chi connectivity index (χ2n) is 4.54. The fourth-order valence-corrected chi connectivity index (χ4v) is 2.19. The molecule has 0 aromatic rings. The quantitative estimate of drug-likeness (QED) is 0.378. The summed E-state index contributed by atoms with van der Waals surface area (Å²) in [6, 6.07) is 0. The molecule has 0 atom stereocenters. The van der Waals surface area contributed by atoms with Crippen molar-refractivity contribution in [3.05, 3.63) is 11.1 Å². The van der Waals surface area contributed by atoms with E-state index >= 15 is 0 Å². The van der Waals surface area contributed by atoms with Crippen LogP contribution < -0.4 is 0 Å². The summed E-state index contributed by atoms with van der Waals surface area (Å²) in [6.45, 7) is 0. The van der Waals surface area contributed by atoms with E-state index in [-0.39, 0.29) is 11.8 Å². The Kier molecular flexibility index (Phi) is 6.33. The number of hydrogen-bond donors (Lipinski definition) is 0. The van der Waals surface area contributed by atoms with Crippen LogP contribution in [0.3, 0.4) is 0 Å². The van der Waals surface area contributed by atoms with E-state index in [9.17, 15) is 14.4 Å². The standard InChI is InChI=1S/C14H20O4/c1-18-14(17)7-5-3-2-4-6-12-11(10-15)8-9-13(12)16/h10H,2-9H2,1H3. The fraction of sp³-hybridized carbons (Fsp3) is 0.643. The van der Waals surface area contributed by atoms with Crippen molar-refractivity contribution in [3.8, 4) is 0 Å². The van der Waals surface area contributed by atoms with Crippen molar-refractivity contribution in [2.24, 2.45) is 0 Å². The molecule has 0 aliphatic heterocycles. The first-order valence-corrected chi connectivity index (χ1v) is 6.46. The van der Waals surface area contributed by atoms with Crippen LogP contribution in [0.25, 0.3) is 0 Å². The number of rotatable bonds is 8. The van der Waals surface area contributed by atoms with Gasteiger partial charge in [0.15, 0.2) is 5.78 Å². The number of hydrogen-bond acceptors (Lipinski definition) is 4. The molecule has 0 unspecified atom stereocenters. The molecule has 4 nitrogen and oxygen atoms in total. The Bertz CT molecular complexity index is 355. The van der Waals surface area contributed by atoms with Crippen molar-refractivity contribution in [1.82, 2.24) is 0 Å². The minimum atomic E-state index is -0.174. The number of methoxy groups -OCH3 is 1. The number of esters is 1. The zero-order valence-electron chi connectivity index (χ0n) is 10.9. The van der Waals surface area contributed by atoms with Crippen LogP contribution in [0.5, 0.6) is 0 Å². The van der Waals surface area contributed by atoms with Gasteiger partial charge >= 0.3 is 5.97 Å². The number of ketones is 1. The number of unbranched alkanes of at least 4 members (excludes halogenated alkanes) is 3. The molecule has 100 valence electrons. The molecule has 0 spiro atoms. The van der Waals surface area contributed by atoms with E-state index in [2.05, 4.69) is 4.74 Å². The van der Waals surface area contributed by atoms with Gasteiger partial charge in [-0.3, -0.25) is 14.4 Å². The van der Waals surface area contributed by atoms with Gasteiger partial charge in [0.05, 0.1) is 7.11 Å². The van der Waals surface area contributed by atoms with Crippen molar-refractivity contribution in [2.75, 3.05) is 7.11 Å². The van der Waals surface area contributed by atoms with E-state index in [1.807, 2.05) is 0 Å². The highest BCUT2D eigenvalue weighted by molar-refractivity contribution is 6.03. The van der Waals surface area contributed by atoms with E-state index in [0.717, 1.165) is 37.5 Å². The fourth-order valence-electron chi connectivity index (χ4n) is 2.19. The van der Waals surface area contributed by atoms with Crippen LogP contribution in [0.2, 0.25) is 0 Å². The highest BCUT2D eigenvalue weighted by atomic mass is 16.5. The van der Waals surface area contributed by atoms with Gasteiger partial charge in [0.25, 0.3) is 0 Å². The number of allylic oxidation sites excluding steroid dienone is 2. The van der Waals surface area contributed by atoms with Gasteiger partial charge in [0.2, 0.25) is 0 Å². The van der Waals surface area contributed by atoms with Gasteiger partial charge in [0.1, 0.15) is 6.29 Å². The summed E-state index contributed by atoms with van der Waals surface area (Å²) in [5.74, 6) is -0.0430. The molecule has 0 radical (unpaired) electrons. The van der Waals surface area contributed by atoms with Gasteiger partial charge in [-0.2, -0.15) is 0 Å².